The number of aromatic nitrogens is 2. The van der Waals surface area contributed by atoms with E-state index in [0.717, 1.165) is 17.7 Å². The first-order valence-corrected chi connectivity index (χ1v) is 8.49. The Morgan fingerprint density at radius 3 is 3.05 bits per heavy atom. The van der Waals surface area contributed by atoms with Crippen molar-refractivity contribution in [2.75, 3.05) is 11.9 Å². The van der Waals surface area contributed by atoms with Gasteiger partial charge in [0.2, 0.25) is 0 Å². The smallest absolute Gasteiger partial charge is 0.254 e. The van der Waals surface area contributed by atoms with E-state index in [9.17, 15) is 4.79 Å². The molecule has 5 nitrogen and oxygen atoms in total. The number of carbonyl (C=O) groups is 1. The minimum absolute atomic E-state index is 0.0731. The Hall–Kier alpha value is -1.66. The summed E-state index contributed by atoms with van der Waals surface area (Å²) in [7, 11) is 1.83. The second-order valence-electron chi connectivity index (χ2n) is 6.03. The lowest BCUT2D eigenvalue weighted by atomic mass is 9.89. The zero-order chi connectivity index (χ0) is 15.7. The number of ether oxygens (including phenoxy) is 1. The maximum Gasteiger partial charge on any atom is 0.254 e. The molecule has 1 aliphatic rings. The number of rotatable bonds is 4. The fraction of sp³-hybridized carbons (Fsp3) is 0.500. The van der Waals surface area contributed by atoms with Crippen molar-refractivity contribution >= 4 is 23.1 Å². The number of aryl methyl sites for hydroxylation is 1. The van der Waals surface area contributed by atoms with Crippen LogP contribution in [0.3, 0.4) is 0 Å². The van der Waals surface area contributed by atoms with Crippen LogP contribution in [-0.4, -0.2) is 28.4 Å². The van der Waals surface area contributed by atoms with E-state index in [1.807, 2.05) is 29.9 Å². The van der Waals surface area contributed by atoms with Crippen LogP contribution in [0.15, 0.2) is 22.9 Å². The Bertz CT molecular complexity index is 648. The lowest BCUT2D eigenvalue weighted by Gasteiger charge is -2.20. The predicted octanol–water partition coefficient (Wildman–Crippen LogP) is 3.15. The third-order valence-corrected chi connectivity index (χ3v) is 4.88. The Morgan fingerprint density at radius 2 is 2.36 bits per heavy atom. The number of carbonyl (C=O) groups excluding carboxylic acids is 1. The van der Waals surface area contributed by atoms with Crippen LogP contribution in [0, 0.1) is 11.8 Å². The maximum atomic E-state index is 12.5. The van der Waals surface area contributed by atoms with Crippen LogP contribution in [0.2, 0.25) is 0 Å². The maximum absolute atomic E-state index is 12.5. The van der Waals surface area contributed by atoms with E-state index in [-0.39, 0.29) is 17.9 Å². The van der Waals surface area contributed by atoms with Gasteiger partial charge < -0.3 is 10.1 Å². The predicted molar refractivity (Wildman–Crippen MR) is 87.8 cm³/mol. The molecule has 2 aromatic heterocycles. The molecule has 1 saturated heterocycles. The molecule has 1 amide bonds. The minimum Gasteiger partial charge on any atom is -0.368 e. The van der Waals surface area contributed by atoms with E-state index in [1.165, 1.54) is 0 Å². The second kappa shape index (κ2) is 6.22. The van der Waals surface area contributed by atoms with E-state index in [1.54, 1.807) is 16.0 Å². The fourth-order valence-electron chi connectivity index (χ4n) is 2.89. The van der Waals surface area contributed by atoms with Crippen molar-refractivity contribution in [2.45, 2.75) is 26.4 Å². The van der Waals surface area contributed by atoms with Crippen molar-refractivity contribution in [2.24, 2.45) is 18.9 Å². The van der Waals surface area contributed by atoms with Gasteiger partial charge in [-0.25, -0.2) is 0 Å². The summed E-state index contributed by atoms with van der Waals surface area (Å²) in [4.78, 5) is 12.5. The zero-order valence-corrected chi connectivity index (χ0v) is 13.9. The van der Waals surface area contributed by atoms with Gasteiger partial charge in [-0.15, -0.1) is 0 Å². The van der Waals surface area contributed by atoms with Gasteiger partial charge in [-0.2, -0.15) is 16.4 Å². The molecule has 2 aromatic rings. The summed E-state index contributed by atoms with van der Waals surface area (Å²) in [6.07, 6.45) is 0.584. The molecule has 0 spiro atoms. The Labute approximate surface area is 134 Å². The van der Waals surface area contributed by atoms with Crippen LogP contribution in [0.25, 0.3) is 11.3 Å². The molecule has 0 bridgehead atoms. The van der Waals surface area contributed by atoms with Crippen LogP contribution in [0.1, 0.15) is 20.3 Å². The number of anilines is 1. The molecule has 22 heavy (non-hydrogen) atoms. The normalized spacial score (nSPS) is 21.5. The molecular weight excluding hydrogens is 298 g/mol. The molecule has 0 unspecified atom stereocenters. The van der Waals surface area contributed by atoms with Gasteiger partial charge in [0.05, 0.1) is 5.69 Å². The lowest BCUT2D eigenvalue weighted by molar-refractivity contribution is -0.127. The molecule has 0 aromatic carbocycles. The summed E-state index contributed by atoms with van der Waals surface area (Å²) in [5, 5.41) is 11.5. The highest BCUT2D eigenvalue weighted by molar-refractivity contribution is 7.08. The van der Waals surface area contributed by atoms with E-state index in [4.69, 9.17) is 4.74 Å². The molecule has 2 atom stereocenters. The topological polar surface area (TPSA) is 56.1 Å². The summed E-state index contributed by atoms with van der Waals surface area (Å²) in [6, 6.07) is 3.92. The zero-order valence-electron chi connectivity index (χ0n) is 13.1. The third-order valence-electron chi connectivity index (χ3n) is 4.20. The van der Waals surface area contributed by atoms with Gasteiger partial charge >= 0.3 is 0 Å². The van der Waals surface area contributed by atoms with Gasteiger partial charge in [0, 0.05) is 30.7 Å². The Morgan fingerprint density at radius 1 is 1.55 bits per heavy atom. The summed E-state index contributed by atoms with van der Waals surface area (Å²) in [5.41, 5.74) is 1.94. The molecule has 0 radical (unpaired) electrons. The van der Waals surface area contributed by atoms with E-state index < -0.39 is 0 Å². The van der Waals surface area contributed by atoms with Gasteiger partial charge in [-0.1, -0.05) is 13.8 Å². The lowest BCUT2D eigenvalue weighted by Crippen LogP contribution is -2.35. The van der Waals surface area contributed by atoms with Crippen LogP contribution in [0.4, 0.5) is 5.82 Å². The van der Waals surface area contributed by atoms with Crippen molar-refractivity contribution in [3.05, 3.63) is 22.9 Å². The standard InChI is InChI=1S/C16H21N3O2S/c1-10(2)12-4-6-21-15(12)16(20)17-14-8-13(18-19(14)3)11-5-7-22-9-11/h5,7-10,12,15H,4,6H2,1-3H3,(H,17,20)/t12-,15-/m1/s1. The number of thiophene rings is 1. The number of nitrogens with one attached hydrogen (secondary N) is 1. The molecule has 3 heterocycles. The average molecular weight is 319 g/mol. The summed E-state index contributed by atoms with van der Waals surface area (Å²) >= 11 is 1.63. The van der Waals surface area contributed by atoms with Crippen molar-refractivity contribution < 1.29 is 9.53 Å². The van der Waals surface area contributed by atoms with Crippen molar-refractivity contribution in [3.8, 4) is 11.3 Å². The SMILES string of the molecule is CC(C)[C@H]1CCO[C@H]1C(=O)Nc1cc(-c2ccsc2)nn1C. The van der Waals surface area contributed by atoms with E-state index >= 15 is 0 Å². The van der Waals surface area contributed by atoms with Crippen molar-refractivity contribution in [1.29, 1.82) is 0 Å². The van der Waals surface area contributed by atoms with Gasteiger partial charge in [0.15, 0.2) is 0 Å². The van der Waals surface area contributed by atoms with E-state index in [2.05, 4.69) is 24.3 Å². The molecule has 6 heteroatoms. The molecule has 0 aliphatic carbocycles. The quantitative estimate of drug-likeness (QED) is 0.942. The number of nitrogens with zero attached hydrogens (tertiary/aromatic N) is 2. The van der Waals surface area contributed by atoms with Crippen LogP contribution >= 0.6 is 11.3 Å². The van der Waals surface area contributed by atoms with Gasteiger partial charge in [0.1, 0.15) is 11.9 Å². The Kier molecular flexibility index (Phi) is 4.31. The monoisotopic (exact) mass is 319 g/mol. The number of amides is 1. The first-order valence-electron chi connectivity index (χ1n) is 7.55. The van der Waals surface area contributed by atoms with Crippen LogP contribution < -0.4 is 5.32 Å². The highest BCUT2D eigenvalue weighted by atomic mass is 32.1. The summed E-state index contributed by atoms with van der Waals surface area (Å²) in [5.74, 6) is 1.34. The van der Waals surface area contributed by atoms with Gasteiger partial charge in [-0.05, 0) is 29.7 Å². The Balaban J connectivity index is 1.74. The van der Waals surface area contributed by atoms with Crippen molar-refractivity contribution in [1.82, 2.24) is 9.78 Å². The molecule has 3 rings (SSSR count). The van der Waals surface area contributed by atoms with Gasteiger partial charge in [0.25, 0.3) is 5.91 Å². The summed E-state index contributed by atoms with van der Waals surface area (Å²) in [6.45, 7) is 4.93. The molecule has 1 fully saturated rings. The first kappa shape index (κ1) is 15.2. The molecule has 1 N–H and O–H groups in total. The first-order chi connectivity index (χ1) is 10.6. The highest BCUT2D eigenvalue weighted by Gasteiger charge is 2.36. The van der Waals surface area contributed by atoms with Gasteiger partial charge in [-0.3, -0.25) is 9.48 Å². The highest BCUT2D eigenvalue weighted by Crippen LogP contribution is 2.29. The minimum atomic E-state index is -0.362. The molecule has 1 aliphatic heterocycles. The molecule has 0 saturated carbocycles. The van der Waals surface area contributed by atoms with Crippen LogP contribution in [0.5, 0.6) is 0 Å². The number of hydrogen-bond donors (Lipinski definition) is 1. The second-order valence-corrected chi connectivity index (χ2v) is 6.81. The average Bonchev–Trinajstić information content (AvgIpc) is 3.18. The van der Waals surface area contributed by atoms with E-state index in [0.29, 0.717) is 18.3 Å². The largest absolute Gasteiger partial charge is 0.368 e. The number of hydrogen-bond acceptors (Lipinski definition) is 4. The third kappa shape index (κ3) is 2.94. The summed E-state index contributed by atoms with van der Waals surface area (Å²) < 4.78 is 7.34. The fourth-order valence-corrected chi connectivity index (χ4v) is 3.54. The van der Waals surface area contributed by atoms with Crippen molar-refractivity contribution in [3.63, 3.8) is 0 Å². The van der Waals surface area contributed by atoms with Crippen LogP contribution in [-0.2, 0) is 16.6 Å². The molecule has 118 valence electrons. The molecular formula is C16H21N3O2S.